The number of hydrogen-bond donors (Lipinski definition) is 0. The van der Waals surface area contributed by atoms with Crippen molar-refractivity contribution in [2.24, 2.45) is 0 Å². The molecule has 2 fully saturated rings. The molecule has 0 aliphatic carbocycles. The van der Waals surface area contributed by atoms with Crippen molar-refractivity contribution in [2.75, 3.05) is 26.2 Å². The first kappa shape index (κ1) is 15.3. The van der Waals surface area contributed by atoms with Gasteiger partial charge in [-0.1, -0.05) is 30.3 Å². The van der Waals surface area contributed by atoms with Gasteiger partial charge in [-0.05, 0) is 50.8 Å². The van der Waals surface area contributed by atoms with Crippen LogP contribution in [0, 0.1) is 0 Å². The molecule has 2 aliphatic rings. The zero-order valence-corrected chi connectivity index (χ0v) is 13.2. The molecule has 0 bridgehead atoms. The van der Waals surface area contributed by atoms with E-state index in [0.717, 1.165) is 31.5 Å². The first-order chi connectivity index (χ1) is 10.8. The van der Waals surface area contributed by atoms with Crippen molar-refractivity contribution in [1.82, 2.24) is 9.80 Å². The monoisotopic (exact) mass is 302 g/mol. The Morgan fingerprint density at radius 1 is 1.05 bits per heavy atom. The van der Waals surface area contributed by atoms with Crippen LogP contribution in [-0.2, 0) is 11.3 Å². The number of piperidine rings is 1. The highest BCUT2D eigenvalue weighted by Crippen LogP contribution is 2.21. The molecule has 120 valence electrons. The highest BCUT2D eigenvalue weighted by molar-refractivity contribution is 5.68. The summed E-state index contributed by atoms with van der Waals surface area (Å²) in [6.45, 7) is 4.59. The number of amides is 1. The lowest BCUT2D eigenvalue weighted by atomic mass is 10.0. The molecule has 2 aliphatic heterocycles. The molecule has 1 aromatic carbocycles. The summed E-state index contributed by atoms with van der Waals surface area (Å²) in [7, 11) is 0. The minimum Gasteiger partial charge on any atom is -0.445 e. The zero-order chi connectivity index (χ0) is 15.2. The van der Waals surface area contributed by atoms with Gasteiger partial charge in [0.15, 0.2) is 0 Å². The minimum atomic E-state index is -0.146. The molecule has 22 heavy (non-hydrogen) atoms. The van der Waals surface area contributed by atoms with Crippen molar-refractivity contribution >= 4 is 6.09 Å². The smallest absolute Gasteiger partial charge is 0.410 e. The Balaban J connectivity index is 1.53. The third-order valence-electron chi connectivity index (χ3n) is 4.73. The molecule has 0 spiro atoms. The number of ether oxygens (including phenoxy) is 1. The van der Waals surface area contributed by atoms with Gasteiger partial charge >= 0.3 is 6.09 Å². The highest BCUT2D eigenvalue weighted by Gasteiger charge is 2.29. The lowest BCUT2D eigenvalue weighted by Gasteiger charge is -2.37. The number of hydrogen-bond acceptors (Lipinski definition) is 3. The first-order valence-electron chi connectivity index (χ1n) is 8.52. The molecular weight excluding hydrogens is 276 g/mol. The van der Waals surface area contributed by atoms with E-state index in [-0.39, 0.29) is 6.09 Å². The largest absolute Gasteiger partial charge is 0.445 e. The van der Waals surface area contributed by atoms with Crippen LogP contribution in [0.15, 0.2) is 30.3 Å². The van der Waals surface area contributed by atoms with Gasteiger partial charge in [-0.25, -0.2) is 4.79 Å². The number of likely N-dealkylation sites (tertiary alicyclic amines) is 2. The Hall–Kier alpha value is -1.55. The van der Waals surface area contributed by atoms with Gasteiger partial charge in [-0.15, -0.1) is 0 Å². The van der Waals surface area contributed by atoms with Crippen LogP contribution in [0.5, 0.6) is 0 Å². The van der Waals surface area contributed by atoms with E-state index in [2.05, 4.69) is 4.90 Å². The van der Waals surface area contributed by atoms with Gasteiger partial charge in [0, 0.05) is 19.1 Å². The van der Waals surface area contributed by atoms with E-state index in [1.165, 1.54) is 32.4 Å². The summed E-state index contributed by atoms with van der Waals surface area (Å²) in [5.41, 5.74) is 1.05. The van der Waals surface area contributed by atoms with Crippen LogP contribution < -0.4 is 0 Å². The Bertz CT molecular complexity index is 471. The second-order valence-electron chi connectivity index (χ2n) is 6.39. The molecule has 1 atom stereocenters. The van der Waals surface area contributed by atoms with Crippen LogP contribution in [0.2, 0.25) is 0 Å². The molecule has 2 saturated heterocycles. The Labute approximate surface area is 133 Å². The molecule has 0 unspecified atom stereocenters. The highest BCUT2D eigenvalue weighted by atomic mass is 16.6. The van der Waals surface area contributed by atoms with Crippen molar-refractivity contribution in [3.8, 4) is 0 Å². The second-order valence-corrected chi connectivity index (χ2v) is 6.39. The number of rotatable bonds is 4. The van der Waals surface area contributed by atoms with Gasteiger partial charge < -0.3 is 14.5 Å². The SMILES string of the molecule is O=C(OCc1ccccc1)N1CCCC[C@@H]1CN1CCCC1. The summed E-state index contributed by atoms with van der Waals surface area (Å²) in [6.07, 6.45) is 5.87. The van der Waals surface area contributed by atoms with Gasteiger partial charge in [0.05, 0.1) is 0 Å². The van der Waals surface area contributed by atoms with Crippen LogP contribution >= 0.6 is 0 Å². The molecule has 0 radical (unpaired) electrons. The van der Waals surface area contributed by atoms with Crippen molar-refractivity contribution in [2.45, 2.75) is 44.8 Å². The predicted molar refractivity (Wildman–Crippen MR) is 86.6 cm³/mol. The lowest BCUT2D eigenvalue weighted by Crippen LogP contribution is -2.49. The summed E-state index contributed by atoms with van der Waals surface area (Å²) in [6, 6.07) is 10.2. The number of benzene rings is 1. The summed E-state index contributed by atoms with van der Waals surface area (Å²) in [5.74, 6) is 0. The molecule has 4 heteroatoms. The standard InChI is InChI=1S/C18H26N2O2/c21-18(22-15-16-8-2-1-3-9-16)20-13-5-4-10-17(20)14-19-11-6-7-12-19/h1-3,8-9,17H,4-7,10-15H2/t17-/m1/s1. The average Bonchev–Trinajstić information content (AvgIpc) is 3.07. The molecule has 0 N–H and O–H groups in total. The maximum Gasteiger partial charge on any atom is 0.410 e. The molecule has 1 aromatic rings. The van der Waals surface area contributed by atoms with Crippen molar-refractivity contribution < 1.29 is 9.53 Å². The summed E-state index contributed by atoms with van der Waals surface area (Å²) in [4.78, 5) is 16.9. The Kier molecular flexibility index (Phi) is 5.33. The fourth-order valence-electron chi connectivity index (χ4n) is 3.50. The maximum atomic E-state index is 12.4. The van der Waals surface area contributed by atoms with Gasteiger partial charge in [0.2, 0.25) is 0 Å². The van der Waals surface area contributed by atoms with Crippen LogP contribution in [0.3, 0.4) is 0 Å². The van der Waals surface area contributed by atoms with E-state index >= 15 is 0 Å². The van der Waals surface area contributed by atoms with Crippen LogP contribution in [0.1, 0.15) is 37.7 Å². The molecule has 4 nitrogen and oxygen atoms in total. The van der Waals surface area contributed by atoms with Crippen molar-refractivity contribution in [1.29, 1.82) is 0 Å². The molecule has 0 aromatic heterocycles. The number of carbonyl (C=O) groups is 1. The molecule has 3 rings (SSSR count). The predicted octanol–water partition coefficient (Wildman–Crippen LogP) is 3.27. The maximum absolute atomic E-state index is 12.4. The van der Waals surface area contributed by atoms with Crippen molar-refractivity contribution in [3.63, 3.8) is 0 Å². The first-order valence-corrected chi connectivity index (χ1v) is 8.52. The summed E-state index contributed by atoms with van der Waals surface area (Å²) < 4.78 is 5.53. The van der Waals surface area contributed by atoms with Gasteiger partial charge in [-0.2, -0.15) is 0 Å². The Morgan fingerprint density at radius 3 is 2.55 bits per heavy atom. The number of nitrogens with zero attached hydrogens (tertiary/aromatic N) is 2. The van der Waals surface area contributed by atoms with E-state index in [0.29, 0.717) is 12.6 Å². The van der Waals surface area contributed by atoms with Crippen LogP contribution in [0.4, 0.5) is 4.79 Å². The molecular formula is C18H26N2O2. The van der Waals surface area contributed by atoms with Gasteiger partial charge in [-0.3, -0.25) is 0 Å². The average molecular weight is 302 g/mol. The van der Waals surface area contributed by atoms with E-state index in [1.54, 1.807) is 0 Å². The topological polar surface area (TPSA) is 32.8 Å². The fraction of sp³-hybridized carbons (Fsp3) is 0.611. The number of carbonyl (C=O) groups excluding carboxylic acids is 1. The van der Waals surface area contributed by atoms with E-state index in [1.807, 2.05) is 35.2 Å². The van der Waals surface area contributed by atoms with Gasteiger partial charge in [0.1, 0.15) is 6.61 Å². The summed E-state index contributed by atoms with van der Waals surface area (Å²) >= 11 is 0. The normalized spacial score (nSPS) is 22.7. The third-order valence-corrected chi connectivity index (χ3v) is 4.73. The summed E-state index contributed by atoms with van der Waals surface area (Å²) in [5, 5.41) is 0. The fourth-order valence-corrected chi connectivity index (χ4v) is 3.50. The Morgan fingerprint density at radius 2 is 1.77 bits per heavy atom. The minimum absolute atomic E-state index is 0.146. The van der Waals surface area contributed by atoms with E-state index in [4.69, 9.17) is 4.74 Å². The van der Waals surface area contributed by atoms with E-state index in [9.17, 15) is 4.79 Å². The molecule has 1 amide bonds. The zero-order valence-electron chi connectivity index (χ0n) is 13.2. The van der Waals surface area contributed by atoms with Crippen molar-refractivity contribution in [3.05, 3.63) is 35.9 Å². The third kappa shape index (κ3) is 4.01. The second kappa shape index (κ2) is 7.63. The van der Waals surface area contributed by atoms with Crippen LogP contribution in [-0.4, -0.2) is 48.1 Å². The van der Waals surface area contributed by atoms with E-state index < -0.39 is 0 Å². The molecule has 2 heterocycles. The lowest BCUT2D eigenvalue weighted by molar-refractivity contribution is 0.0589. The van der Waals surface area contributed by atoms with Gasteiger partial charge in [0.25, 0.3) is 0 Å². The molecule has 0 saturated carbocycles. The van der Waals surface area contributed by atoms with Crippen LogP contribution in [0.25, 0.3) is 0 Å². The quantitative estimate of drug-likeness (QED) is 0.855.